The predicted octanol–water partition coefficient (Wildman–Crippen LogP) is 2.62. The van der Waals surface area contributed by atoms with Crippen molar-refractivity contribution in [2.45, 2.75) is 13.3 Å². The van der Waals surface area contributed by atoms with Gasteiger partial charge in [-0.05, 0) is 17.7 Å². The molecule has 1 rings (SSSR count). The van der Waals surface area contributed by atoms with Gasteiger partial charge in [0.25, 0.3) is 0 Å². The van der Waals surface area contributed by atoms with Crippen molar-refractivity contribution in [1.29, 1.82) is 0 Å². The summed E-state index contributed by atoms with van der Waals surface area (Å²) in [6.45, 7) is 5.68. The van der Waals surface area contributed by atoms with E-state index < -0.39 is 11.9 Å². The molecule has 0 bridgehead atoms. The Morgan fingerprint density at radius 2 is 2.00 bits per heavy atom. The van der Waals surface area contributed by atoms with Crippen LogP contribution < -0.4 is 0 Å². The number of carbonyl (C=O) groups excluding carboxylic acids is 1. The van der Waals surface area contributed by atoms with Crippen molar-refractivity contribution in [3.8, 4) is 0 Å². The van der Waals surface area contributed by atoms with Crippen molar-refractivity contribution >= 4 is 23.5 Å². The van der Waals surface area contributed by atoms with Crippen molar-refractivity contribution < 1.29 is 14.7 Å². The first kappa shape index (κ1) is 16.2. The third-order valence-corrected chi connectivity index (χ3v) is 3.14. The maximum Gasteiger partial charge on any atom is 0.308 e. The number of nitrogens with zero attached hydrogens (tertiary/aromatic N) is 1. The summed E-state index contributed by atoms with van der Waals surface area (Å²) in [4.78, 5) is 24.6. The summed E-state index contributed by atoms with van der Waals surface area (Å²) in [5.41, 5.74) is 0.844. The first-order valence-electron chi connectivity index (χ1n) is 6.30. The van der Waals surface area contributed by atoms with E-state index in [1.165, 1.54) is 4.90 Å². The van der Waals surface area contributed by atoms with E-state index >= 15 is 0 Å². The zero-order chi connectivity index (χ0) is 15.1. The van der Waals surface area contributed by atoms with Gasteiger partial charge in [-0.2, -0.15) is 0 Å². The van der Waals surface area contributed by atoms with Crippen molar-refractivity contribution in [3.05, 3.63) is 47.5 Å². The van der Waals surface area contributed by atoms with Crippen molar-refractivity contribution in [2.75, 3.05) is 13.1 Å². The lowest BCUT2D eigenvalue weighted by Crippen LogP contribution is -2.37. The van der Waals surface area contributed by atoms with Crippen LogP contribution in [0.3, 0.4) is 0 Å². The number of benzene rings is 1. The van der Waals surface area contributed by atoms with Gasteiger partial charge in [0.05, 0.1) is 12.3 Å². The number of halogens is 1. The van der Waals surface area contributed by atoms with Gasteiger partial charge in [-0.1, -0.05) is 36.7 Å². The monoisotopic (exact) mass is 295 g/mol. The van der Waals surface area contributed by atoms with E-state index in [-0.39, 0.29) is 18.9 Å². The maximum atomic E-state index is 12.2. The lowest BCUT2D eigenvalue weighted by atomic mass is 10.1. The van der Waals surface area contributed by atoms with E-state index in [0.717, 1.165) is 5.56 Å². The second-order valence-corrected chi connectivity index (χ2v) is 5.07. The van der Waals surface area contributed by atoms with Gasteiger partial charge in [-0.25, -0.2) is 0 Å². The molecule has 20 heavy (non-hydrogen) atoms. The Balaban J connectivity index is 2.70. The van der Waals surface area contributed by atoms with Crippen LogP contribution in [0.15, 0.2) is 36.9 Å². The Kier molecular flexibility index (Phi) is 6.25. The van der Waals surface area contributed by atoms with E-state index in [4.69, 9.17) is 16.7 Å². The first-order chi connectivity index (χ1) is 9.43. The highest BCUT2D eigenvalue weighted by molar-refractivity contribution is 6.30. The molecule has 0 radical (unpaired) electrons. The van der Waals surface area contributed by atoms with Gasteiger partial charge in [0.2, 0.25) is 5.91 Å². The number of rotatable bonds is 7. The molecule has 0 aliphatic heterocycles. The molecule has 0 saturated carbocycles. The number of hydrogen-bond donors (Lipinski definition) is 1. The molecule has 1 aromatic carbocycles. The molecule has 0 spiro atoms. The molecule has 1 aromatic rings. The Morgan fingerprint density at radius 3 is 2.50 bits per heavy atom. The zero-order valence-electron chi connectivity index (χ0n) is 11.4. The van der Waals surface area contributed by atoms with Crippen LogP contribution in [0.4, 0.5) is 0 Å². The molecule has 5 heteroatoms. The maximum absolute atomic E-state index is 12.2. The van der Waals surface area contributed by atoms with Gasteiger partial charge in [0.15, 0.2) is 0 Å². The number of aliphatic carboxylic acids is 1. The fourth-order valence-electron chi connectivity index (χ4n) is 1.73. The van der Waals surface area contributed by atoms with Crippen LogP contribution in [0.5, 0.6) is 0 Å². The summed E-state index contributed by atoms with van der Waals surface area (Å²) in [6, 6.07) is 7.02. The van der Waals surface area contributed by atoms with Gasteiger partial charge in [-0.15, -0.1) is 6.58 Å². The molecule has 1 unspecified atom stereocenters. The van der Waals surface area contributed by atoms with E-state index in [1.54, 1.807) is 37.3 Å². The fourth-order valence-corrected chi connectivity index (χ4v) is 1.86. The Hall–Kier alpha value is -1.81. The minimum atomic E-state index is -0.918. The Morgan fingerprint density at radius 1 is 1.40 bits per heavy atom. The van der Waals surface area contributed by atoms with Crippen molar-refractivity contribution in [2.24, 2.45) is 5.92 Å². The average Bonchev–Trinajstić information content (AvgIpc) is 2.40. The van der Waals surface area contributed by atoms with E-state index in [1.807, 2.05) is 0 Å². The molecule has 0 fully saturated rings. The number of carboxylic acids is 1. The Bertz CT molecular complexity index is 484. The van der Waals surface area contributed by atoms with E-state index in [0.29, 0.717) is 11.6 Å². The number of hydrogen-bond acceptors (Lipinski definition) is 2. The molecule has 108 valence electrons. The third kappa shape index (κ3) is 5.05. The molecule has 1 amide bonds. The highest BCUT2D eigenvalue weighted by Crippen LogP contribution is 2.11. The molecule has 0 heterocycles. The largest absolute Gasteiger partial charge is 0.481 e. The molecular formula is C15H18ClNO3. The first-order valence-corrected chi connectivity index (χ1v) is 6.67. The number of amides is 1. The quantitative estimate of drug-likeness (QED) is 0.787. The topological polar surface area (TPSA) is 57.6 Å². The van der Waals surface area contributed by atoms with Crippen LogP contribution in [-0.4, -0.2) is 35.0 Å². The third-order valence-electron chi connectivity index (χ3n) is 2.89. The summed E-state index contributed by atoms with van der Waals surface area (Å²) in [5.74, 6) is -1.65. The van der Waals surface area contributed by atoms with Gasteiger partial charge in [-0.3, -0.25) is 9.59 Å². The summed E-state index contributed by atoms with van der Waals surface area (Å²) < 4.78 is 0. The second kappa shape index (κ2) is 7.70. The van der Waals surface area contributed by atoms with Crippen LogP contribution in [0.2, 0.25) is 5.02 Å². The smallest absolute Gasteiger partial charge is 0.308 e. The van der Waals surface area contributed by atoms with Crippen LogP contribution in [0, 0.1) is 5.92 Å². The molecule has 0 aromatic heterocycles. The van der Waals surface area contributed by atoms with Crippen molar-refractivity contribution in [1.82, 2.24) is 4.90 Å². The minimum absolute atomic E-state index is 0.125. The summed E-state index contributed by atoms with van der Waals surface area (Å²) >= 11 is 5.79. The molecule has 4 nitrogen and oxygen atoms in total. The second-order valence-electron chi connectivity index (χ2n) is 4.63. The van der Waals surface area contributed by atoms with Crippen LogP contribution >= 0.6 is 11.6 Å². The molecular weight excluding hydrogens is 278 g/mol. The molecule has 1 N–H and O–H groups in total. The number of carboxylic acid groups (broad SMARTS) is 1. The summed E-state index contributed by atoms with van der Waals surface area (Å²) in [5, 5.41) is 9.54. The normalized spacial score (nSPS) is 11.7. The van der Waals surface area contributed by atoms with Crippen LogP contribution in [-0.2, 0) is 16.0 Å². The van der Waals surface area contributed by atoms with Crippen LogP contribution in [0.1, 0.15) is 12.5 Å². The lowest BCUT2D eigenvalue weighted by Gasteiger charge is -2.23. The predicted molar refractivity (Wildman–Crippen MR) is 78.7 cm³/mol. The van der Waals surface area contributed by atoms with E-state index in [2.05, 4.69) is 6.58 Å². The van der Waals surface area contributed by atoms with Gasteiger partial charge < -0.3 is 10.0 Å². The zero-order valence-corrected chi connectivity index (χ0v) is 12.1. The number of carbonyl (C=O) groups is 2. The highest BCUT2D eigenvalue weighted by Gasteiger charge is 2.19. The molecule has 0 saturated heterocycles. The fraction of sp³-hybridized carbons (Fsp3) is 0.333. The Labute approximate surface area is 123 Å². The van der Waals surface area contributed by atoms with Crippen LogP contribution in [0.25, 0.3) is 0 Å². The summed E-state index contributed by atoms with van der Waals surface area (Å²) in [6.07, 6.45) is 1.81. The standard InChI is InChI=1S/C15H18ClNO3/c1-3-8-17(10-11(2)15(19)20)14(18)9-12-4-6-13(16)7-5-12/h3-7,11H,1,8-10H2,2H3,(H,19,20). The molecule has 1 atom stereocenters. The molecule has 0 aliphatic rings. The van der Waals surface area contributed by atoms with Crippen molar-refractivity contribution in [3.63, 3.8) is 0 Å². The highest BCUT2D eigenvalue weighted by atomic mass is 35.5. The molecule has 0 aliphatic carbocycles. The average molecular weight is 296 g/mol. The minimum Gasteiger partial charge on any atom is -0.481 e. The van der Waals surface area contributed by atoms with Gasteiger partial charge in [0.1, 0.15) is 0 Å². The summed E-state index contributed by atoms with van der Waals surface area (Å²) in [7, 11) is 0. The lowest BCUT2D eigenvalue weighted by molar-refractivity contribution is -0.142. The van der Waals surface area contributed by atoms with Gasteiger partial charge in [0, 0.05) is 18.1 Å². The SMILES string of the molecule is C=CCN(CC(C)C(=O)O)C(=O)Cc1ccc(Cl)cc1. The van der Waals surface area contributed by atoms with Gasteiger partial charge >= 0.3 is 5.97 Å². The van der Waals surface area contributed by atoms with E-state index in [9.17, 15) is 9.59 Å².